The number of sulfonamides is 1. The maximum absolute atomic E-state index is 12.7. The summed E-state index contributed by atoms with van der Waals surface area (Å²) in [6.45, 7) is 5.11. The second-order valence-electron chi connectivity index (χ2n) is 6.93. The summed E-state index contributed by atoms with van der Waals surface area (Å²) >= 11 is 0. The first-order valence-corrected chi connectivity index (χ1v) is 10.9. The van der Waals surface area contributed by atoms with Crippen molar-refractivity contribution in [3.63, 3.8) is 0 Å². The fraction of sp³-hybridized carbons (Fsp3) is 0.381. The summed E-state index contributed by atoms with van der Waals surface area (Å²) in [4.78, 5) is 12.8. The van der Waals surface area contributed by atoms with Crippen LogP contribution in [0.5, 0.6) is 0 Å². The van der Waals surface area contributed by atoms with Gasteiger partial charge in [0.2, 0.25) is 10.0 Å². The molecule has 2 aromatic rings. The van der Waals surface area contributed by atoms with Crippen molar-refractivity contribution in [3.8, 4) is 0 Å². The standard InChI is InChI=1S/C21H26N2O3S/c1-3-17-9-11-18(12-10-17)16(2)22-21(24)19-7-6-8-20(15-19)27(25,26)23-13-4-5-14-23/h6-12,15-16H,3-5,13-14H2,1-2H3,(H,22,24). The number of rotatable bonds is 6. The number of carbonyl (C=O) groups excluding carboxylic acids is 1. The lowest BCUT2D eigenvalue weighted by molar-refractivity contribution is 0.0939. The molecule has 1 saturated heterocycles. The van der Waals surface area contributed by atoms with Gasteiger partial charge in [-0.2, -0.15) is 4.31 Å². The van der Waals surface area contributed by atoms with E-state index in [0.29, 0.717) is 18.7 Å². The molecule has 1 N–H and O–H groups in total. The van der Waals surface area contributed by atoms with E-state index in [-0.39, 0.29) is 16.8 Å². The van der Waals surface area contributed by atoms with E-state index in [1.54, 1.807) is 18.2 Å². The number of aryl methyl sites for hydroxylation is 1. The van der Waals surface area contributed by atoms with Gasteiger partial charge in [-0.05, 0) is 55.5 Å². The molecule has 1 fully saturated rings. The third kappa shape index (κ3) is 4.39. The fourth-order valence-electron chi connectivity index (χ4n) is 3.28. The Labute approximate surface area is 161 Å². The third-order valence-corrected chi connectivity index (χ3v) is 6.93. The molecule has 0 aromatic heterocycles. The Morgan fingerprint density at radius 3 is 2.41 bits per heavy atom. The van der Waals surface area contributed by atoms with Gasteiger partial charge >= 0.3 is 0 Å². The van der Waals surface area contributed by atoms with Crippen molar-refractivity contribution >= 4 is 15.9 Å². The van der Waals surface area contributed by atoms with E-state index in [0.717, 1.165) is 24.8 Å². The molecule has 6 heteroatoms. The number of nitrogens with zero attached hydrogens (tertiary/aromatic N) is 1. The largest absolute Gasteiger partial charge is 0.346 e. The minimum absolute atomic E-state index is 0.165. The zero-order chi connectivity index (χ0) is 19.4. The van der Waals surface area contributed by atoms with Gasteiger partial charge < -0.3 is 5.32 Å². The van der Waals surface area contributed by atoms with Crippen LogP contribution in [-0.4, -0.2) is 31.7 Å². The summed E-state index contributed by atoms with van der Waals surface area (Å²) in [7, 11) is -3.53. The molecule has 1 amide bonds. The number of hydrogen-bond acceptors (Lipinski definition) is 3. The van der Waals surface area contributed by atoms with Gasteiger partial charge in [-0.25, -0.2) is 8.42 Å². The van der Waals surface area contributed by atoms with Crippen LogP contribution in [-0.2, 0) is 16.4 Å². The fourth-order valence-corrected chi connectivity index (χ4v) is 4.84. The van der Waals surface area contributed by atoms with Crippen molar-refractivity contribution in [2.75, 3.05) is 13.1 Å². The van der Waals surface area contributed by atoms with Gasteiger partial charge in [0.1, 0.15) is 0 Å². The molecule has 1 aliphatic heterocycles. The van der Waals surface area contributed by atoms with E-state index in [1.807, 2.05) is 19.1 Å². The van der Waals surface area contributed by atoms with Gasteiger partial charge in [-0.3, -0.25) is 4.79 Å². The molecule has 3 rings (SSSR count). The topological polar surface area (TPSA) is 66.5 Å². The maximum Gasteiger partial charge on any atom is 0.251 e. The second-order valence-corrected chi connectivity index (χ2v) is 8.87. The molecule has 1 atom stereocenters. The van der Waals surface area contributed by atoms with Crippen LogP contribution in [0.25, 0.3) is 0 Å². The van der Waals surface area contributed by atoms with Gasteiger partial charge in [-0.15, -0.1) is 0 Å². The lowest BCUT2D eigenvalue weighted by Crippen LogP contribution is -2.29. The smallest absolute Gasteiger partial charge is 0.251 e. The van der Waals surface area contributed by atoms with E-state index >= 15 is 0 Å². The number of amides is 1. The van der Waals surface area contributed by atoms with E-state index in [1.165, 1.54) is 15.9 Å². The van der Waals surface area contributed by atoms with Gasteiger partial charge in [0, 0.05) is 18.7 Å². The van der Waals surface area contributed by atoms with Crippen molar-refractivity contribution in [3.05, 3.63) is 65.2 Å². The molecule has 144 valence electrons. The van der Waals surface area contributed by atoms with Crippen LogP contribution >= 0.6 is 0 Å². The minimum atomic E-state index is -3.53. The summed E-state index contributed by atoms with van der Waals surface area (Å²) in [5.74, 6) is -0.277. The summed E-state index contributed by atoms with van der Waals surface area (Å²) in [5, 5.41) is 2.95. The predicted molar refractivity (Wildman–Crippen MR) is 106 cm³/mol. The summed E-state index contributed by atoms with van der Waals surface area (Å²) in [5.41, 5.74) is 2.62. The molecular weight excluding hydrogens is 360 g/mol. The highest BCUT2D eigenvalue weighted by Crippen LogP contribution is 2.22. The average Bonchev–Trinajstić information content (AvgIpc) is 3.24. The van der Waals surface area contributed by atoms with Crippen LogP contribution < -0.4 is 5.32 Å². The molecule has 0 saturated carbocycles. The first-order valence-electron chi connectivity index (χ1n) is 9.41. The number of nitrogens with one attached hydrogen (secondary N) is 1. The summed E-state index contributed by atoms with van der Waals surface area (Å²) in [6, 6.07) is 14.3. The molecule has 0 bridgehead atoms. The molecule has 1 aliphatic rings. The van der Waals surface area contributed by atoms with Crippen LogP contribution in [0.4, 0.5) is 0 Å². The van der Waals surface area contributed by atoms with Gasteiger partial charge in [0.25, 0.3) is 5.91 Å². The first kappa shape index (κ1) is 19.6. The van der Waals surface area contributed by atoms with Gasteiger partial charge in [0.15, 0.2) is 0 Å². The van der Waals surface area contributed by atoms with Gasteiger partial charge in [0.05, 0.1) is 10.9 Å². The van der Waals surface area contributed by atoms with Crippen LogP contribution in [0.15, 0.2) is 53.4 Å². The molecule has 0 radical (unpaired) electrons. The Bertz CT molecular complexity index is 901. The molecule has 27 heavy (non-hydrogen) atoms. The Hall–Kier alpha value is -2.18. The van der Waals surface area contributed by atoms with Crippen molar-refractivity contribution in [2.24, 2.45) is 0 Å². The molecule has 0 spiro atoms. The molecule has 0 aliphatic carbocycles. The van der Waals surface area contributed by atoms with Crippen molar-refractivity contribution in [1.82, 2.24) is 9.62 Å². The lowest BCUT2D eigenvalue weighted by Gasteiger charge is -2.17. The average molecular weight is 387 g/mol. The monoisotopic (exact) mass is 386 g/mol. The summed E-state index contributed by atoms with van der Waals surface area (Å²) < 4.78 is 26.9. The highest BCUT2D eigenvalue weighted by Gasteiger charge is 2.27. The Kier molecular flexibility index (Phi) is 5.97. The molecule has 1 heterocycles. The third-order valence-electron chi connectivity index (χ3n) is 5.03. The van der Waals surface area contributed by atoms with Crippen LogP contribution in [0.3, 0.4) is 0 Å². The zero-order valence-electron chi connectivity index (χ0n) is 15.8. The Morgan fingerprint density at radius 1 is 1.11 bits per heavy atom. The van der Waals surface area contributed by atoms with Crippen molar-refractivity contribution < 1.29 is 13.2 Å². The van der Waals surface area contributed by atoms with Crippen LogP contribution in [0.1, 0.15) is 54.2 Å². The van der Waals surface area contributed by atoms with Crippen molar-refractivity contribution in [2.45, 2.75) is 44.0 Å². The lowest BCUT2D eigenvalue weighted by atomic mass is 10.0. The molecule has 1 unspecified atom stereocenters. The van der Waals surface area contributed by atoms with E-state index in [4.69, 9.17) is 0 Å². The minimum Gasteiger partial charge on any atom is -0.346 e. The predicted octanol–water partition coefficient (Wildman–Crippen LogP) is 3.52. The Balaban J connectivity index is 1.74. The molecule has 2 aromatic carbocycles. The highest BCUT2D eigenvalue weighted by molar-refractivity contribution is 7.89. The Morgan fingerprint density at radius 2 is 1.78 bits per heavy atom. The maximum atomic E-state index is 12.7. The highest BCUT2D eigenvalue weighted by atomic mass is 32.2. The van der Waals surface area contributed by atoms with Crippen LogP contribution in [0, 0.1) is 0 Å². The normalized spacial score (nSPS) is 16.2. The van der Waals surface area contributed by atoms with E-state index in [2.05, 4.69) is 24.4 Å². The number of hydrogen-bond donors (Lipinski definition) is 1. The SMILES string of the molecule is CCc1ccc(C(C)NC(=O)c2cccc(S(=O)(=O)N3CCCC3)c2)cc1. The van der Waals surface area contributed by atoms with Crippen LogP contribution in [0.2, 0.25) is 0 Å². The summed E-state index contributed by atoms with van der Waals surface area (Å²) in [6.07, 6.45) is 2.74. The second kappa shape index (κ2) is 8.23. The van der Waals surface area contributed by atoms with E-state index in [9.17, 15) is 13.2 Å². The zero-order valence-corrected chi connectivity index (χ0v) is 16.6. The molecule has 5 nitrogen and oxygen atoms in total. The van der Waals surface area contributed by atoms with E-state index < -0.39 is 10.0 Å². The number of benzene rings is 2. The quantitative estimate of drug-likeness (QED) is 0.826. The molecular formula is C21H26N2O3S. The van der Waals surface area contributed by atoms with Gasteiger partial charge in [-0.1, -0.05) is 37.3 Å². The van der Waals surface area contributed by atoms with Crippen molar-refractivity contribution in [1.29, 1.82) is 0 Å². The number of carbonyl (C=O) groups is 1. The first-order chi connectivity index (χ1) is 12.9.